The molecule has 1 aromatic heterocycles. The number of nitrogen functional groups attached to an aromatic ring is 1. The van der Waals surface area contributed by atoms with Gasteiger partial charge in [-0.25, -0.2) is 4.79 Å². The summed E-state index contributed by atoms with van der Waals surface area (Å²) < 4.78 is 10.5. The minimum Gasteiger partial charge on any atom is -0.482 e. The van der Waals surface area contributed by atoms with Crippen LogP contribution in [-0.4, -0.2) is 12.6 Å². The summed E-state index contributed by atoms with van der Waals surface area (Å²) in [6.45, 7) is 2.28. The highest BCUT2D eigenvalue weighted by Gasteiger charge is 2.06. The van der Waals surface area contributed by atoms with Gasteiger partial charge in [0.25, 0.3) is 0 Å². The average Bonchev–Trinajstić information content (AvgIpc) is 2.91. The predicted octanol–water partition coefficient (Wildman–Crippen LogP) is 3.01. The highest BCUT2D eigenvalue weighted by Crippen LogP contribution is 2.18. The SMILES string of the molecule is CCc1ccc(COC(=O)COc2cccc(N)c2)s1. The van der Waals surface area contributed by atoms with Gasteiger partial charge in [-0.15, -0.1) is 11.3 Å². The largest absolute Gasteiger partial charge is 0.482 e. The molecule has 1 aromatic carbocycles. The second-order valence-corrected chi connectivity index (χ2v) is 5.50. The summed E-state index contributed by atoms with van der Waals surface area (Å²) in [5.74, 6) is 0.171. The summed E-state index contributed by atoms with van der Waals surface area (Å²) in [7, 11) is 0. The fourth-order valence-electron chi connectivity index (χ4n) is 1.63. The highest BCUT2D eigenvalue weighted by atomic mass is 32.1. The maximum atomic E-state index is 11.6. The maximum Gasteiger partial charge on any atom is 0.344 e. The Morgan fingerprint density at radius 2 is 2.05 bits per heavy atom. The Morgan fingerprint density at radius 1 is 1.25 bits per heavy atom. The molecule has 0 aliphatic heterocycles. The van der Waals surface area contributed by atoms with Gasteiger partial charge in [-0.05, 0) is 30.7 Å². The van der Waals surface area contributed by atoms with Crippen LogP contribution in [0.1, 0.15) is 16.7 Å². The number of thiophene rings is 1. The van der Waals surface area contributed by atoms with Crippen molar-refractivity contribution < 1.29 is 14.3 Å². The summed E-state index contributed by atoms with van der Waals surface area (Å²) in [5.41, 5.74) is 6.22. The van der Waals surface area contributed by atoms with E-state index in [0.29, 0.717) is 18.0 Å². The summed E-state index contributed by atoms with van der Waals surface area (Å²) in [6.07, 6.45) is 0.997. The van der Waals surface area contributed by atoms with Gasteiger partial charge in [0.2, 0.25) is 0 Å². The number of benzene rings is 1. The number of aryl methyl sites for hydroxylation is 1. The Balaban J connectivity index is 1.75. The number of nitrogens with two attached hydrogens (primary N) is 1. The first-order chi connectivity index (χ1) is 9.67. The normalized spacial score (nSPS) is 10.2. The number of carbonyl (C=O) groups excluding carboxylic acids is 1. The second-order valence-electron chi connectivity index (χ2n) is 4.24. The van der Waals surface area contributed by atoms with Gasteiger partial charge in [0.05, 0.1) is 0 Å². The molecule has 4 nitrogen and oxygen atoms in total. The van der Waals surface area contributed by atoms with E-state index in [1.54, 1.807) is 35.6 Å². The van der Waals surface area contributed by atoms with Crippen LogP contribution < -0.4 is 10.5 Å². The topological polar surface area (TPSA) is 61.5 Å². The van der Waals surface area contributed by atoms with Crippen LogP contribution in [-0.2, 0) is 22.6 Å². The zero-order valence-corrected chi connectivity index (χ0v) is 12.1. The molecule has 0 bridgehead atoms. The molecule has 106 valence electrons. The zero-order valence-electron chi connectivity index (χ0n) is 11.3. The molecule has 0 amide bonds. The number of rotatable bonds is 6. The standard InChI is InChI=1S/C15H17NO3S/c1-2-13-6-7-14(20-13)9-19-15(17)10-18-12-5-3-4-11(16)8-12/h3-8H,2,9-10,16H2,1H3. The van der Waals surface area contributed by atoms with Crippen LogP contribution in [0.25, 0.3) is 0 Å². The molecule has 0 saturated heterocycles. The van der Waals surface area contributed by atoms with Gasteiger partial charge in [0.1, 0.15) is 12.4 Å². The quantitative estimate of drug-likeness (QED) is 0.656. The minimum atomic E-state index is -0.390. The lowest BCUT2D eigenvalue weighted by Gasteiger charge is -2.06. The van der Waals surface area contributed by atoms with E-state index in [-0.39, 0.29) is 12.6 Å². The van der Waals surface area contributed by atoms with E-state index >= 15 is 0 Å². The van der Waals surface area contributed by atoms with Crippen molar-refractivity contribution in [3.8, 4) is 5.75 Å². The van der Waals surface area contributed by atoms with Crippen LogP contribution >= 0.6 is 11.3 Å². The van der Waals surface area contributed by atoms with Gasteiger partial charge in [-0.2, -0.15) is 0 Å². The summed E-state index contributed by atoms with van der Waals surface area (Å²) >= 11 is 1.66. The Morgan fingerprint density at radius 3 is 2.75 bits per heavy atom. The van der Waals surface area contributed by atoms with Crippen molar-refractivity contribution in [2.24, 2.45) is 0 Å². The fourth-order valence-corrected chi connectivity index (χ4v) is 2.50. The molecule has 20 heavy (non-hydrogen) atoms. The van der Waals surface area contributed by atoms with Crippen molar-refractivity contribution in [1.29, 1.82) is 0 Å². The van der Waals surface area contributed by atoms with E-state index in [2.05, 4.69) is 13.0 Å². The molecule has 0 saturated carbocycles. The van der Waals surface area contributed by atoms with Crippen molar-refractivity contribution >= 4 is 23.0 Å². The molecule has 5 heteroatoms. The third-order valence-electron chi connectivity index (χ3n) is 2.66. The van der Waals surface area contributed by atoms with Crippen molar-refractivity contribution in [3.05, 3.63) is 46.2 Å². The molecule has 0 atom stereocenters. The van der Waals surface area contributed by atoms with Crippen LogP contribution in [0.15, 0.2) is 36.4 Å². The zero-order chi connectivity index (χ0) is 14.4. The van der Waals surface area contributed by atoms with Crippen LogP contribution in [0.3, 0.4) is 0 Å². The summed E-state index contributed by atoms with van der Waals surface area (Å²) in [5, 5.41) is 0. The molecule has 2 aromatic rings. The summed E-state index contributed by atoms with van der Waals surface area (Å²) in [6, 6.07) is 11.0. The Bertz CT molecular complexity index is 580. The molecule has 0 aliphatic rings. The third-order valence-corrected chi connectivity index (χ3v) is 3.86. The monoisotopic (exact) mass is 291 g/mol. The number of esters is 1. The molecule has 1 heterocycles. The van der Waals surface area contributed by atoms with Gasteiger partial charge < -0.3 is 15.2 Å². The predicted molar refractivity (Wildman–Crippen MR) is 79.8 cm³/mol. The summed E-state index contributed by atoms with van der Waals surface area (Å²) in [4.78, 5) is 13.9. The number of hydrogen-bond acceptors (Lipinski definition) is 5. The Labute approximate surface area is 122 Å². The van der Waals surface area contributed by atoms with E-state index in [4.69, 9.17) is 15.2 Å². The van der Waals surface area contributed by atoms with Crippen molar-refractivity contribution in [2.75, 3.05) is 12.3 Å². The van der Waals surface area contributed by atoms with E-state index in [1.807, 2.05) is 6.07 Å². The number of carbonyl (C=O) groups is 1. The maximum absolute atomic E-state index is 11.6. The lowest BCUT2D eigenvalue weighted by Crippen LogP contribution is -2.14. The molecule has 0 aliphatic carbocycles. The average molecular weight is 291 g/mol. The molecule has 0 fully saturated rings. The lowest BCUT2D eigenvalue weighted by atomic mass is 10.3. The first kappa shape index (κ1) is 14.4. The Kier molecular flexibility index (Phi) is 5.01. The third kappa shape index (κ3) is 4.28. The van der Waals surface area contributed by atoms with Gasteiger partial charge in [-0.3, -0.25) is 0 Å². The number of ether oxygens (including phenoxy) is 2. The fraction of sp³-hybridized carbons (Fsp3) is 0.267. The molecule has 2 rings (SSSR count). The molecular formula is C15H17NO3S. The highest BCUT2D eigenvalue weighted by molar-refractivity contribution is 7.11. The van der Waals surface area contributed by atoms with Crippen LogP contribution in [0.4, 0.5) is 5.69 Å². The van der Waals surface area contributed by atoms with E-state index in [0.717, 1.165) is 11.3 Å². The van der Waals surface area contributed by atoms with Crippen molar-refractivity contribution in [3.63, 3.8) is 0 Å². The molecular weight excluding hydrogens is 274 g/mol. The first-order valence-corrected chi connectivity index (χ1v) is 7.20. The van der Waals surface area contributed by atoms with Gasteiger partial charge >= 0.3 is 5.97 Å². The van der Waals surface area contributed by atoms with Gasteiger partial charge in [0.15, 0.2) is 6.61 Å². The lowest BCUT2D eigenvalue weighted by molar-refractivity contribution is -0.147. The molecule has 0 radical (unpaired) electrons. The minimum absolute atomic E-state index is 0.116. The first-order valence-electron chi connectivity index (χ1n) is 6.39. The molecule has 2 N–H and O–H groups in total. The number of hydrogen-bond donors (Lipinski definition) is 1. The smallest absolute Gasteiger partial charge is 0.344 e. The van der Waals surface area contributed by atoms with Crippen LogP contribution in [0, 0.1) is 0 Å². The molecule has 0 unspecified atom stereocenters. The Hall–Kier alpha value is -2.01. The second kappa shape index (κ2) is 6.96. The van der Waals surface area contributed by atoms with Gasteiger partial charge in [0, 0.05) is 21.5 Å². The van der Waals surface area contributed by atoms with Crippen LogP contribution in [0.2, 0.25) is 0 Å². The van der Waals surface area contributed by atoms with E-state index in [9.17, 15) is 4.79 Å². The van der Waals surface area contributed by atoms with E-state index < -0.39 is 0 Å². The molecule has 0 spiro atoms. The van der Waals surface area contributed by atoms with Crippen molar-refractivity contribution in [1.82, 2.24) is 0 Å². The van der Waals surface area contributed by atoms with Crippen LogP contribution in [0.5, 0.6) is 5.75 Å². The van der Waals surface area contributed by atoms with E-state index in [1.165, 1.54) is 4.88 Å². The number of anilines is 1. The van der Waals surface area contributed by atoms with Crippen molar-refractivity contribution in [2.45, 2.75) is 20.0 Å². The van der Waals surface area contributed by atoms with Gasteiger partial charge in [-0.1, -0.05) is 13.0 Å².